The van der Waals surface area contributed by atoms with Crippen LogP contribution in [0.5, 0.6) is 0 Å². The Kier molecular flexibility index (Phi) is 3.77. The Morgan fingerprint density at radius 1 is 1.39 bits per heavy atom. The smallest absolute Gasteiger partial charge is 0.258 e. The van der Waals surface area contributed by atoms with E-state index in [1.54, 1.807) is 13.0 Å². The van der Waals surface area contributed by atoms with Gasteiger partial charge >= 0.3 is 0 Å². The van der Waals surface area contributed by atoms with Crippen molar-refractivity contribution in [2.75, 3.05) is 0 Å². The molecule has 2 rings (SSSR count). The van der Waals surface area contributed by atoms with E-state index in [0.717, 1.165) is 20.7 Å². The maximum absolute atomic E-state index is 10.8. The van der Waals surface area contributed by atoms with E-state index >= 15 is 0 Å². The third kappa shape index (κ3) is 2.76. The molecule has 2 aromatic rings. The summed E-state index contributed by atoms with van der Waals surface area (Å²) in [6.45, 7) is 3.65. The average molecular weight is 327 g/mol. The predicted octanol–water partition coefficient (Wildman–Crippen LogP) is 4.02. The second kappa shape index (κ2) is 5.16. The Morgan fingerprint density at radius 3 is 2.67 bits per heavy atom. The molecule has 0 aliphatic heterocycles. The van der Waals surface area contributed by atoms with Crippen molar-refractivity contribution in [2.45, 2.75) is 20.3 Å². The fourth-order valence-electron chi connectivity index (χ4n) is 1.81. The summed E-state index contributed by atoms with van der Waals surface area (Å²) >= 11 is 4.87. The number of nitrogens with zero attached hydrogens (tertiary/aromatic N) is 2. The van der Waals surface area contributed by atoms with Gasteiger partial charge in [-0.25, -0.2) is 4.98 Å². The SMILES string of the molecule is Cc1cc([N+](=O)[O-])c(C)cc1Cc1csc(Br)n1. The highest BCUT2D eigenvalue weighted by Gasteiger charge is 2.14. The van der Waals surface area contributed by atoms with E-state index in [0.29, 0.717) is 12.0 Å². The van der Waals surface area contributed by atoms with Gasteiger partial charge in [0, 0.05) is 23.4 Å². The first-order chi connectivity index (χ1) is 8.47. The molecule has 0 aliphatic rings. The number of rotatable bonds is 3. The molecule has 4 nitrogen and oxygen atoms in total. The molecule has 1 aromatic carbocycles. The number of hydrogen-bond acceptors (Lipinski definition) is 4. The first-order valence-electron chi connectivity index (χ1n) is 5.32. The summed E-state index contributed by atoms with van der Waals surface area (Å²) in [6.07, 6.45) is 0.701. The molecule has 0 fully saturated rings. The first kappa shape index (κ1) is 13.2. The molecule has 1 heterocycles. The number of aromatic nitrogens is 1. The van der Waals surface area contributed by atoms with E-state index in [2.05, 4.69) is 20.9 Å². The lowest BCUT2D eigenvalue weighted by atomic mass is 10.0. The van der Waals surface area contributed by atoms with Crippen molar-refractivity contribution in [3.63, 3.8) is 0 Å². The first-order valence-corrected chi connectivity index (χ1v) is 6.99. The molecule has 94 valence electrons. The van der Waals surface area contributed by atoms with Crippen molar-refractivity contribution in [3.8, 4) is 0 Å². The van der Waals surface area contributed by atoms with Crippen LogP contribution >= 0.6 is 27.3 Å². The minimum absolute atomic E-state index is 0.177. The van der Waals surface area contributed by atoms with Crippen molar-refractivity contribution in [2.24, 2.45) is 0 Å². The summed E-state index contributed by atoms with van der Waals surface area (Å²) in [6, 6.07) is 3.51. The van der Waals surface area contributed by atoms with Crippen molar-refractivity contribution in [1.82, 2.24) is 4.98 Å². The number of nitro groups is 1. The molecule has 6 heteroatoms. The monoisotopic (exact) mass is 326 g/mol. The zero-order chi connectivity index (χ0) is 13.3. The number of halogens is 1. The van der Waals surface area contributed by atoms with E-state index in [4.69, 9.17) is 0 Å². The van der Waals surface area contributed by atoms with Crippen LogP contribution in [0.1, 0.15) is 22.4 Å². The lowest BCUT2D eigenvalue weighted by molar-refractivity contribution is -0.385. The second-order valence-corrected chi connectivity index (χ2v) is 6.23. The van der Waals surface area contributed by atoms with E-state index in [1.165, 1.54) is 11.3 Å². The molecule has 0 unspecified atom stereocenters. The third-order valence-electron chi connectivity index (χ3n) is 2.75. The molecule has 0 aliphatic carbocycles. The second-order valence-electron chi connectivity index (χ2n) is 4.09. The Balaban J connectivity index is 2.35. The van der Waals surface area contributed by atoms with Crippen LogP contribution in [0, 0.1) is 24.0 Å². The highest BCUT2D eigenvalue weighted by Crippen LogP contribution is 2.25. The predicted molar refractivity (Wildman–Crippen MR) is 75.2 cm³/mol. The average Bonchev–Trinajstić information content (AvgIpc) is 2.68. The van der Waals surface area contributed by atoms with Crippen molar-refractivity contribution < 1.29 is 4.92 Å². The minimum Gasteiger partial charge on any atom is -0.258 e. The van der Waals surface area contributed by atoms with Crippen LogP contribution in [0.4, 0.5) is 5.69 Å². The highest BCUT2D eigenvalue weighted by molar-refractivity contribution is 9.11. The van der Waals surface area contributed by atoms with Crippen LogP contribution in [-0.2, 0) is 6.42 Å². The molecule has 0 N–H and O–H groups in total. The van der Waals surface area contributed by atoms with Gasteiger partial charge in [0.1, 0.15) is 0 Å². The summed E-state index contributed by atoms with van der Waals surface area (Å²) in [5.74, 6) is 0. The summed E-state index contributed by atoms with van der Waals surface area (Å²) in [7, 11) is 0. The molecule has 0 saturated carbocycles. The topological polar surface area (TPSA) is 56.0 Å². The molecule has 0 spiro atoms. The van der Waals surface area contributed by atoms with Gasteiger partial charge in [-0.1, -0.05) is 0 Å². The molecule has 1 aromatic heterocycles. The van der Waals surface area contributed by atoms with E-state index in [-0.39, 0.29) is 10.6 Å². The van der Waals surface area contributed by atoms with Crippen molar-refractivity contribution in [1.29, 1.82) is 0 Å². The Bertz CT molecular complexity index is 610. The maximum atomic E-state index is 10.8. The fraction of sp³-hybridized carbons (Fsp3) is 0.250. The number of thiazole rings is 1. The van der Waals surface area contributed by atoms with E-state index in [1.807, 2.05) is 18.4 Å². The summed E-state index contributed by atoms with van der Waals surface area (Å²) < 4.78 is 0.855. The third-order valence-corrected chi connectivity index (χ3v) is 4.16. The zero-order valence-corrected chi connectivity index (χ0v) is 12.3. The minimum atomic E-state index is -0.342. The molecule has 0 amide bonds. The van der Waals surface area contributed by atoms with E-state index < -0.39 is 0 Å². The van der Waals surface area contributed by atoms with Gasteiger partial charge in [0.2, 0.25) is 0 Å². The van der Waals surface area contributed by atoms with Gasteiger partial charge < -0.3 is 0 Å². The van der Waals surface area contributed by atoms with Crippen LogP contribution in [0.15, 0.2) is 21.4 Å². The Morgan fingerprint density at radius 2 is 2.11 bits per heavy atom. The quantitative estimate of drug-likeness (QED) is 0.632. The largest absolute Gasteiger partial charge is 0.272 e. The Labute approximate surface area is 117 Å². The van der Waals surface area contributed by atoms with E-state index in [9.17, 15) is 10.1 Å². The zero-order valence-electron chi connectivity index (χ0n) is 9.94. The number of nitro benzene ring substituents is 1. The van der Waals surface area contributed by atoms with Crippen LogP contribution in [0.2, 0.25) is 0 Å². The number of benzene rings is 1. The van der Waals surface area contributed by atoms with Crippen LogP contribution < -0.4 is 0 Å². The molecule has 0 atom stereocenters. The van der Waals surface area contributed by atoms with Gasteiger partial charge in [-0.15, -0.1) is 11.3 Å². The summed E-state index contributed by atoms with van der Waals surface area (Å²) in [5, 5.41) is 12.8. The number of hydrogen-bond donors (Lipinski definition) is 0. The van der Waals surface area contributed by atoms with Gasteiger partial charge in [0.15, 0.2) is 3.92 Å². The summed E-state index contributed by atoms with van der Waals surface area (Å²) in [5.41, 5.74) is 3.85. The molecule has 0 radical (unpaired) electrons. The highest BCUT2D eigenvalue weighted by atomic mass is 79.9. The van der Waals surface area contributed by atoms with Gasteiger partial charge in [-0.3, -0.25) is 10.1 Å². The maximum Gasteiger partial charge on any atom is 0.272 e. The van der Waals surface area contributed by atoms with Crippen molar-refractivity contribution >= 4 is 33.0 Å². The normalized spacial score (nSPS) is 10.6. The molecular weight excluding hydrogens is 316 g/mol. The van der Waals surface area contributed by atoms with Crippen LogP contribution in [0.3, 0.4) is 0 Å². The number of aryl methyl sites for hydroxylation is 2. The van der Waals surface area contributed by atoms with Gasteiger partial charge in [0.05, 0.1) is 10.6 Å². The lowest BCUT2D eigenvalue weighted by Crippen LogP contribution is -1.98. The standard InChI is InChI=1S/C12H11BrN2O2S/c1-7-4-11(15(16)17)8(2)3-9(7)5-10-6-18-12(13)14-10/h3-4,6H,5H2,1-2H3. The van der Waals surface area contributed by atoms with Gasteiger partial charge in [-0.2, -0.15) is 0 Å². The lowest BCUT2D eigenvalue weighted by Gasteiger charge is -2.06. The molecule has 0 bridgehead atoms. The van der Waals surface area contributed by atoms with Gasteiger partial charge in [0.25, 0.3) is 5.69 Å². The Hall–Kier alpha value is -1.27. The molecular formula is C12H11BrN2O2S. The van der Waals surface area contributed by atoms with Crippen LogP contribution in [0.25, 0.3) is 0 Å². The summed E-state index contributed by atoms with van der Waals surface area (Å²) in [4.78, 5) is 14.8. The van der Waals surface area contributed by atoms with Crippen LogP contribution in [-0.4, -0.2) is 9.91 Å². The fourth-order valence-corrected chi connectivity index (χ4v) is 2.85. The van der Waals surface area contributed by atoms with Crippen molar-refractivity contribution in [3.05, 3.63) is 53.9 Å². The van der Waals surface area contributed by atoms with Gasteiger partial charge in [-0.05, 0) is 47.0 Å². The molecule has 18 heavy (non-hydrogen) atoms. The molecule has 0 saturated heterocycles.